The first-order valence-corrected chi connectivity index (χ1v) is 17.9. The Balaban J connectivity index is 1.08. The standard InChI is InChI=1S/C48H30N2O2/c1-3-15-33-29(11-1)13-9-19-39(33)49-41-25-23-31(27-37(41)45-35-17-5-7-21-43(35)51-47(45)49)32-24-26-42-38(28-32)46-36-18-6-8-22-44(36)52-48(46)50(42)40-20-10-14-30-12-2-4-16-34(30)40/h1-28,45,47H. The van der Waals surface area contributed by atoms with Crippen molar-refractivity contribution in [2.45, 2.75) is 12.1 Å². The number of rotatable bonds is 3. The van der Waals surface area contributed by atoms with Gasteiger partial charge in [-0.3, -0.25) is 4.57 Å². The Hall–Kier alpha value is -6.78. The highest BCUT2D eigenvalue weighted by Gasteiger charge is 2.47. The average molecular weight is 667 g/mol. The van der Waals surface area contributed by atoms with E-state index >= 15 is 0 Å². The predicted octanol–water partition coefficient (Wildman–Crippen LogP) is 12.5. The predicted molar refractivity (Wildman–Crippen MR) is 212 cm³/mol. The Bertz CT molecular complexity index is 3080. The van der Waals surface area contributed by atoms with Crippen LogP contribution in [0.25, 0.3) is 71.3 Å². The molecule has 2 atom stereocenters. The highest BCUT2D eigenvalue weighted by molar-refractivity contribution is 6.21. The van der Waals surface area contributed by atoms with Crippen LogP contribution >= 0.6 is 0 Å². The van der Waals surface area contributed by atoms with Crippen LogP contribution in [0.5, 0.6) is 5.75 Å². The lowest BCUT2D eigenvalue weighted by Gasteiger charge is -2.28. The first-order chi connectivity index (χ1) is 25.8. The number of benzene rings is 8. The number of hydrogen-bond acceptors (Lipinski definition) is 3. The molecule has 4 heteroatoms. The topological polar surface area (TPSA) is 30.5 Å². The summed E-state index contributed by atoms with van der Waals surface area (Å²) in [6.45, 7) is 0. The summed E-state index contributed by atoms with van der Waals surface area (Å²) in [5.74, 6) is 1.05. The Morgan fingerprint density at radius 3 is 1.96 bits per heavy atom. The van der Waals surface area contributed by atoms with E-state index in [1.165, 1.54) is 54.9 Å². The second-order valence-electron chi connectivity index (χ2n) is 14.0. The van der Waals surface area contributed by atoms with Gasteiger partial charge >= 0.3 is 0 Å². The van der Waals surface area contributed by atoms with Crippen LogP contribution in [0.2, 0.25) is 0 Å². The number of nitrogens with zero attached hydrogens (tertiary/aromatic N) is 2. The molecule has 4 heterocycles. The Morgan fingerprint density at radius 1 is 0.462 bits per heavy atom. The van der Waals surface area contributed by atoms with Gasteiger partial charge in [0.1, 0.15) is 11.3 Å². The van der Waals surface area contributed by atoms with Crippen molar-refractivity contribution < 1.29 is 9.15 Å². The Morgan fingerprint density at radius 2 is 1.12 bits per heavy atom. The van der Waals surface area contributed by atoms with E-state index in [0.29, 0.717) is 0 Å². The molecule has 244 valence electrons. The molecule has 0 aliphatic carbocycles. The zero-order valence-electron chi connectivity index (χ0n) is 28.0. The average Bonchev–Trinajstić information content (AvgIpc) is 3.93. The highest BCUT2D eigenvalue weighted by atomic mass is 16.5. The van der Waals surface area contributed by atoms with Crippen LogP contribution in [0.3, 0.4) is 0 Å². The van der Waals surface area contributed by atoms with Crippen LogP contribution in [0.15, 0.2) is 174 Å². The second kappa shape index (κ2) is 10.4. The summed E-state index contributed by atoms with van der Waals surface area (Å²) >= 11 is 0. The largest absolute Gasteiger partial charge is 0.469 e. The van der Waals surface area contributed by atoms with Crippen molar-refractivity contribution in [3.63, 3.8) is 0 Å². The lowest BCUT2D eigenvalue weighted by molar-refractivity contribution is 0.234. The molecule has 2 aromatic heterocycles. The molecule has 0 spiro atoms. The SMILES string of the molecule is c1ccc2c(c1)OC1C2c2cc(-c3ccc4c(c3)c3c5ccccc5oc3n4-c3cccc4ccccc34)ccc2N1c1cccc2ccccc12. The maximum atomic E-state index is 6.80. The van der Waals surface area contributed by atoms with Crippen molar-refractivity contribution in [3.8, 4) is 22.6 Å². The molecular weight excluding hydrogens is 637 g/mol. The normalized spacial score (nSPS) is 16.2. The minimum atomic E-state index is -0.164. The van der Waals surface area contributed by atoms with Crippen LogP contribution in [0, 0.1) is 0 Å². The zero-order chi connectivity index (χ0) is 33.9. The van der Waals surface area contributed by atoms with Crippen LogP contribution in [-0.2, 0) is 0 Å². The van der Waals surface area contributed by atoms with Gasteiger partial charge < -0.3 is 14.1 Å². The molecule has 10 aromatic rings. The van der Waals surface area contributed by atoms with Gasteiger partial charge in [-0.05, 0) is 76.0 Å². The van der Waals surface area contributed by atoms with Gasteiger partial charge in [-0.2, -0.15) is 0 Å². The number of fused-ring (bicyclic) bond motifs is 12. The van der Waals surface area contributed by atoms with Crippen molar-refractivity contribution in [3.05, 3.63) is 181 Å². The molecule has 0 amide bonds. The summed E-state index contributed by atoms with van der Waals surface area (Å²) in [6, 6.07) is 61.1. The quantitative estimate of drug-likeness (QED) is 0.188. The van der Waals surface area contributed by atoms with E-state index in [2.05, 4.69) is 173 Å². The molecule has 2 unspecified atom stereocenters. The van der Waals surface area contributed by atoms with Crippen molar-refractivity contribution in [1.29, 1.82) is 0 Å². The molecule has 0 radical (unpaired) electrons. The Labute approximate surface area is 299 Å². The van der Waals surface area contributed by atoms with E-state index in [9.17, 15) is 0 Å². The summed E-state index contributed by atoms with van der Waals surface area (Å²) in [6.07, 6.45) is -0.164. The molecule has 12 rings (SSSR count). The lowest BCUT2D eigenvalue weighted by Crippen LogP contribution is -2.32. The van der Waals surface area contributed by atoms with Gasteiger partial charge in [-0.15, -0.1) is 0 Å². The summed E-state index contributed by atoms with van der Waals surface area (Å²) < 4.78 is 15.8. The van der Waals surface area contributed by atoms with Crippen LogP contribution in [0.4, 0.5) is 11.4 Å². The molecule has 2 aliphatic heterocycles. The number of para-hydroxylation sites is 2. The highest BCUT2D eigenvalue weighted by Crippen LogP contribution is 2.56. The third-order valence-electron chi connectivity index (χ3n) is 11.3. The van der Waals surface area contributed by atoms with Crippen molar-refractivity contribution in [2.75, 3.05) is 4.90 Å². The van der Waals surface area contributed by atoms with Gasteiger partial charge in [-0.25, -0.2) is 0 Å². The maximum Gasteiger partial charge on any atom is 0.213 e. The fourth-order valence-corrected chi connectivity index (χ4v) is 9.06. The van der Waals surface area contributed by atoms with Gasteiger partial charge in [0, 0.05) is 32.8 Å². The Kier molecular flexibility index (Phi) is 5.58. The van der Waals surface area contributed by atoms with Crippen molar-refractivity contribution in [2.24, 2.45) is 0 Å². The first-order valence-electron chi connectivity index (χ1n) is 17.9. The summed E-state index contributed by atoms with van der Waals surface area (Å²) in [5.41, 5.74) is 11.2. The van der Waals surface area contributed by atoms with Crippen molar-refractivity contribution in [1.82, 2.24) is 4.57 Å². The third kappa shape index (κ3) is 3.76. The summed E-state index contributed by atoms with van der Waals surface area (Å²) in [5, 5.41) is 8.28. The lowest BCUT2D eigenvalue weighted by atomic mass is 9.90. The van der Waals surface area contributed by atoms with Gasteiger partial charge in [-0.1, -0.05) is 121 Å². The van der Waals surface area contributed by atoms with Gasteiger partial charge in [0.05, 0.1) is 28.2 Å². The molecule has 0 saturated carbocycles. The van der Waals surface area contributed by atoms with Crippen LogP contribution < -0.4 is 9.64 Å². The number of anilines is 2. The summed E-state index contributed by atoms with van der Waals surface area (Å²) in [4.78, 5) is 2.42. The van der Waals surface area contributed by atoms with Gasteiger partial charge in [0.2, 0.25) is 5.71 Å². The van der Waals surface area contributed by atoms with Crippen LogP contribution in [-0.4, -0.2) is 10.8 Å². The second-order valence-corrected chi connectivity index (χ2v) is 14.0. The molecule has 2 aliphatic rings. The fourth-order valence-electron chi connectivity index (χ4n) is 9.06. The molecule has 0 fully saturated rings. The van der Waals surface area contributed by atoms with Gasteiger partial charge in [0.25, 0.3) is 0 Å². The van der Waals surface area contributed by atoms with E-state index in [0.717, 1.165) is 44.7 Å². The number of aromatic nitrogens is 1. The molecule has 0 saturated heterocycles. The van der Waals surface area contributed by atoms with Crippen molar-refractivity contribution >= 4 is 65.9 Å². The maximum absolute atomic E-state index is 6.80. The molecule has 4 nitrogen and oxygen atoms in total. The molecular formula is C48H30N2O2. The first kappa shape index (κ1) is 28.0. The van der Waals surface area contributed by atoms with E-state index in [-0.39, 0.29) is 12.1 Å². The summed E-state index contributed by atoms with van der Waals surface area (Å²) in [7, 11) is 0. The van der Waals surface area contributed by atoms with Gasteiger partial charge in [0.15, 0.2) is 6.23 Å². The molecule has 8 aromatic carbocycles. The molecule has 0 bridgehead atoms. The number of furan rings is 1. The van der Waals surface area contributed by atoms with E-state index < -0.39 is 0 Å². The monoisotopic (exact) mass is 666 g/mol. The van der Waals surface area contributed by atoms with E-state index in [4.69, 9.17) is 9.15 Å². The fraction of sp³-hybridized carbons (Fsp3) is 0.0417. The number of hydrogen-bond donors (Lipinski definition) is 0. The van der Waals surface area contributed by atoms with E-state index in [1.54, 1.807) is 0 Å². The minimum Gasteiger partial charge on any atom is -0.469 e. The number of ether oxygens (including phenoxy) is 1. The smallest absolute Gasteiger partial charge is 0.213 e. The van der Waals surface area contributed by atoms with Crippen LogP contribution in [0.1, 0.15) is 17.0 Å². The molecule has 52 heavy (non-hydrogen) atoms. The third-order valence-corrected chi connectivity index (χ3v) is 11.3. The molecule has 0 N–H and O–H groups in total. The zero-order valence-corrected chi connectivity index (χ0v) is 28.0. The van der Waals surface area contributed by atoms with E-state index in [1.807, 2.05) is 6.07 Å². The minimum absolute atomic E-state index is 0.0887.